The van der Waals surface area contributed by atoms with Crippen molar-refractivity contribution in [3.05, 3.63) is 65.2 Å². The molecule has 1 unspecified atom stereocenters. The van der Waals surface area contributed by atoms with Crippen LogP contribution in [0.5, 0.6) is 0 Å². The van der Waals surface area contributed by atoms with Crippen LogP contribution >= 0.6 is 0 Å². The van der Waals surface area contributed by atoms with Crippen LogP contribution in [-0.2, 0) is 18.4 Å². The molecular weight excluding hydrogens is 227 g/mol. The van der Waals surface area contributed by atoms with Gasteiger partial charge in [-0.05, 0) is 48.2 Å². The van der Waals surface area contributed by atoms with E-state index < -0.39 is 5.54 Å². The van der Waals surface area contributed by atoms with E-state index in [9.17, 15) is 4.39 Å². The van der Waals surface area contributed by atoms with Crippen LogP contribution in [0.15, 0.2) is 42.6 Å². The number of aryl methyl sites for hydroxylation is 1. The van der Waals surface area contributed by atoms with Gasteiger partial charge in [-0.2, -0.15) is 0 Å². The molecule has 1 aromatic heterocycles. The monoisotopic (exact) mass is 242 g/mol. The fourth-order valence-corrected chi connectivity index (χ4v) is 2.76. The van der Waals surface area contributed by atoms with Gasteiger partial charge in [-0.25, -0.2) is 4.39 Å². The lowest BCUT2D eigenvalue weighted by atomic mass is 9.88. The van der Waals surface area contributed by atoms with E-state index >= 15 is 0 Å². The van der Waals surface area contributed by atoms with Crippen LogP contribution in [0.25, 0.3) is 0 Å². The zero-order chi connectivity index (χ0) is 12.6. The summed E-state index contributed by atoms with van der Waals surface area (Å²) >= 11 is 0. The van der Waals surface area contributed by atoms with Crippen LogP contribution in [0, 0.1) is 5.82 Å². The lowest BCUT2D eigenvalue weighted by Gasteiger charge is -2.25. The molecule has 3 heteroatoms. The number of fused-ring (bicyclic) bond motifs is 1. The van der Waals surface area contributed by atoms with E-state index in [-0.39, 0.29) is 5.82 Å². The van der Waals surface area contributed by atoms with E-state index in [0.29, 0.717) is 6.42 Å². The van der Waals surface area contributed by atoms with Crippen molar-refractivity contribution in [1.82, 2.24) is 4.98 Å². The zero-order valence-electron chi connectivity index (χ0n) is 10.1. The minimum Gasteiger partial charge on any atom is -0.321 e. The Morgan fingerprint density at radius 2 is 2.17 bits per heavy atom. The van der Waals surface area contributed by atoms with Gasteiger partial charge in [0.15, 0.2) is 0 Å². The number of benzene rings is 1. The van der Waals surface area contributed by atoms with Crippen LogP contribution in [0.3, 0.4) is 0 Å². The Balaban J connectivity index is 1.94. The lowest BCUT2D eigenvalue weighted by molar-refractivity contribution is 0.434. The Bertz CT molecular complexity index is 568. The van der Waals surface area contributed by atoms with Crippen LogP contribution < -0.4 is 5.73 Å². The number of nitrogens with two attached hydrogens (primary N) is 1. The maximum absolute atomic E-state index is 13.2. The molecule has 1 aliphatic rings. The Morgan fingerprint density at radius 3 is 2.94 bits per heavy atom. The Morgan fingerprint density at radius 1 is 1.28 bits per heavy atom. The van der Waals surface area contributed by atoms with Gasteiger partial charge in [-0.1, -0.05) is 12.1 Å². The Hall–Kier alpha value is -1.74. The maximum Gasteiger partial charge on any atom is 0.123 e. The van der Waals surface area contributed by atoms with Crippen molar-refractivity contribution in [2.75, 3.05) is 0 Å². The molecule has 1 aromatic carbocycles. The standard InChI is InChI=1S/C15H15FN2/c16-12-4-5-14-11(9-12)6-7-15(14,17)10-13-3-1-2-8-18-13/h1-5,8-9H,6-7,10,17H2. The molecule has 1 atom stereocenters. The molecule has 0 fully saturated rings. The third-order valence-corrected chi connectivity index (χ3v) is 3.67. The molecule has 0 spiro atoms. The molecule has 0 saturated carbocycles. The van der Waals surface area contributed by atoms with Gasteiger partial charge in [-0.15, -0.1) is 0 Å². The van der Waals surface area contributed by atoms with E-state index in [4.69, 9.17) is 5.73 Å². The number of hydrogen-bond acceptors (Lipinski definition) is 2. The minimum absolute atomic E-state index is 0.184. The van der Waals surface area contributed by atoms with Gasteiger partial charge in [0.25, 0.3) is 0 Å². The van der Waals surface area contributed by atoms with E-state index in [2.05, 4.69) is 4.98 Å². The summed E-state index contributed by atoms with van der Waals surface area (Å²) < 4.78 is 13.2. The molecule has 92 valence electrons. The number of nitrogens with zero attached hydrogens (tertiary/aromatic N) is 1. The summed E-state index contributed by atoms with van der Waals surface area (Å²) in [5.74, 6) is -0.184. The molecule has 3 rings (SSSR count). The average Bonchev–Trinajstić information content (AvgIpc) is 2.67. The molecule has 0 amide bonds. The first-order valence-corrected chi connectivity index (χ1v) is 6.15. The van der Waals surface area contributed by atoms with Gasteiger partial charge >= 0.3 is 0 Å². The maximum atomic E-state index is 13.2. The van der Waals surface area contributed by atoms with E-state index in [1.54, 1.807) is 12.3 Å². The van der Waals surface area contributed by atoms with Gasteiger partial charge in [0.2, 0.25) is 0 Å². The molecule has 1 heterocycles. The smallest absolute Gasteiger partial charge is 0.123 e. The van der Waals surface area contributed by atoms with Crippen molar-refractivity contribution in [2.45, 2.75) is 24.8 Å². The molecule has 0 saturated heterocycles. The third kappa shape index (κ3) is 1.91. The second-order valence-corrected chi connectivity index (χ2v) is 4.96. The molecule has 0 aliphatic heterocycles. The highest BCUT2D eigenvalue weighted by molar-refractivity contribution is 5.39. The number of halogens is 1. The Kier molecular flexibility index (Phi) is 2.63. The van der Waals surface area contributed by atoms with Crippen LogP contribution in [0.4, 0.5) is 4.39 Å². The highest BCUT2D eigenvalue weighted by atomic mass is 19.1. The number of aromatic nitrogens is 1. The number of pyridine rings is 1. The summed E-state index contributed by atoms with van der Waals surface area (Å²) in [6.45, 7) is 0. The van der Waals surface area contributed by atoms with Gasteiger partial charge in [0.05, 0.1) is 0 Å². The summed E-state index contributed by atoms with van der Waals surface area (Å²) in [6, 6.07) is 10.8. The third-order valence-electron chi connectivity index (χ3n) is 3.67. The number of hydrogen-bond donors (Lipinski definition) is 1. The normalized spacial score (nSPS) is 21.9. The molecular formula is C15H15FN2. The molecule has 1 aliphatic carbocycles. The molecule has 18 heavy (non-hydrogen) atoms. The number of rotatable bonds is 2. The predicted molar refractivity (Wildman–Crippen MR) is 68.5 cm³/mol. The van der Waals surface area contributed by atoms with E-state index in [1.807, 2.05) is 24.3 Å². The van der Waals surface area contributed by atoms with Crippen molar-refractivity contribution in [1.29, 1.82) is 0 Å². The van der Waals surface area contributed by atoms with E-state index in [0.717, 1.165) is 29.7 Å². The SMILES string of the molecule is NC1(Cc2ccccn2)CCc2cc(F)ccc21. The van der Waals surface area contributed by atoms with Crippen molar-refractivity contribution in [3.8, 4) is 0 Å². The summed E-state index contributed by atoms with van der Waals surface area (Å²) in [5.41, 5.74) is 9.17. The molecule has 2 N–H and O–H groups in total. The van der Waals surface area contributed by atoms with Crippen molar-refractivity contribution >= 4 is 0 Å². The fraction of sp³-hybridized carbons (Fsp3) is 0.267. The summed E-state index contributed by atoms with van der Waals surface area (Å²) in [6.07, 6.45) is 4.17. The highest BCUT2D eigenvalue weighted by Gasteiger charge is 2.35. The zero-order valence-corrected chi connectivity index (χ0v) is 10.1. The van der Waals surface area contributed by atoms with E-state index in [1.165, 1.54) is 6.07 Å². The molecule has 0 radical (unpaired) electrons. The van der Waals surface area contributed by atoms with Gasteiger partial charge in [0, 0.05) is 23.9 Å². The summed E-state index contributed by atoms with van der Waals surface area (Å²) in [5, 5.41) is 0. The lowest BCUT2D eigenvalue weighted by Crippen LogP contribution is -2.36. The first-order chi connectivity index (χ1) is 8.67. The first kappa shape index (κ1) is 11.4. The fourth-order valence-electron chi connectivity index (χ4n) is 2.76. The summed E-state index contributed by atoms with van der Waals surface area (Å²) in [4.78, 5) is 4.32. The van der Waals surface area contributed by atoms with Gasteiger partial charge in [-0.3, -0.25) is 4.98 Å². The van der Waals surface area contributed by atoms with Crippen LogP contribution in [0.2, 0.25) is 0 Å². The topological polar surface area (TPSA) is 38.9 Å². The summed E-state index contributed by atoms with van der Waals surface area (Å²) in [7, 11) is 0. The van der Waals surface area contributed by atoms with Crippen molar-refractivity contribution in [2.24, 2.45) is 5.73 Å². The van der Waals surface area contributed by atoms with Crippen molar-refractivity contribution in [3.63, 3.8) is 0 Å². The van der Waals surface area contributed by atoms with Gasteiger partial charge < -0.3 is 5.73 Å². The Labute approximate surface area is 106 Å². The average molecular weight is 242 g/mol. The van der Waals surface area contributed by atoms with Crippen molar-refractivity contribution < 1.29 is 4.39 Å². The second-order valence-electron chi connectivity index (χ2n) is 4.96. The molecule has 2 aromatic rings. The van der Waals surface area contributed by atoms with Gasteiger partial charge in [0.1, 0.15) is 5.82 Å². The van der Waals surface area contributed by atoms with Crippen LogP contribution in [-0.4, -0.2) is 4.98 Å². The quantitative estimate of drug-likeness (QED) is 0.879. The second kappa shape index (κ2) is 4.18. The van der Waals surface area contributed by atoms with Crippen LogP contribution in [0.1, 0.15) is 23.2 Å². The largest absolute Gasteiger partial charge is 0.321 e. The molecule has 2 nitrogen and oxygen atoms in total. The predicted octanol–water partition coefficient (Wildman–Crippen LogP) is 2.56. The minimum atomic E-state index is -0.405. The highest BCUT2D eigenvalue weighted by Crippen LogP contribution is 2.37. The first-order valence-electron chi connectivity index (χ1n) is 6.15. The molecule has 0 bridgehead atoms.